The summed E-state index contributed by atoms with van der Waals surface area (Å²) < 4.78 is 5.63. The van der Waals surface area contributed by atoms with Gasteiger partial charge >= 0.3 is 0 Å². The van der Waals surface area contributed by atoms with Gasteiger partial charge in [0.25, 0.3) is 0 Å². The van der Waals surface area contributed by atoms with Gasteiger partial charge in [0, 0.05) is 10.1 Å². The van der Waals surface area contributed by atoms with E-state index in [-0.39, 0.29) is 6.10 Å². The van der Waals surface area contributed by atoms with Crippen molar-refractivity contribution in [1.82, 2.24) is 0 Å². The van der Waals surface area contributed by atoms with Gasteiger partial charge in [0.15, 0.2) is 0 Å². The highest BCUT2D eigenvalue weighted by Gasteiger charge is 2.06. The molecule has 0 radical (unpaired) electrons. The Morgan fingerprint density at radius 1 is 1.20 bits per heavy atom. The van der Waals surface area contributed by atoms with Gasteiger partial charge in [-0.25, -0.2) is 0 Å². The topological polar surface area (TPSA) is 35.2 Å². The number of ether oxygens (including phenoxy) is 1. The van der Waals surface area contributed by atoms with Crippen molar-refractivity contribution in [3.05, 3.63) is 18.2 Å². The molecule has 0 saturated heterocycles. The second-order valence-corrected chi connectivity index (χ2v) is 5.68. The molecule has 0 saturated carbocycles. The van der Waals surface area contributed by atoms with Crippen LogP contribution < -0.4 is 10.5 Å². The molecule has 0 unspecified atom stereocenters. The van der Waals surface area contributed by atoms with Crippen molar-refractivity contribution >= 4 is 17.4 Å². The third-order valence-corrected chi connectivity index (χ3v) is 2.72. The van der Waals surface area contributed by atoms with E-state index in [2.05, 4.69) is 13.8 Å². The van der Waals surface area contributed by atoms with E-state index in [1.807, 2.05) is 43.8 Å². The molecule has 2 nitrogen and oxygen atoms in total. The van der Waals surface area contributed by atoms with Gasteiger partial charge in [-0.3, -0.25) is 0 Å². The number of rotatable bonds is 4. The number of nitrogen functional groups attached to an aromatic ring is 1. The molecule has 0 aliphatic heterocycles. The highest BCUT2D eigenvalue weighted by atomic mass is 32.2. The monoisotopic (exact) mass is 225 g/mol. The van der Waals surface area contributed by atoms with Crippen LogP contribution in [0, 0.1) is 0 Å². The van der Waals surface area contributed by atoms with Crippen LogP contribution in [0.1, 0.15) is 27.7 Å². The highest BCUT2D eigenvalue weighted by Crippen LogP contribution is 2.31. The number of nitrogens with two attached hydrogens (primary N) is 1. The second kappa shape index (κ2) is 5.31. The average Bonchev–Trinajstić information content (AvgIpc) is 2.09. The molecule has 3 heteroatoms. The molecule has 0 aliphatic carbocycles. The van der Waals surface area contributed by atoms with E-state index in [0.717, 1.165) is 5.75 Å². The fourth-order valence-electron chi connectivity index (χ4n) is 1.22. The Kier molecular flexibility index (Phi) is 4.33. The molecule has 0 aromatic heterocycles. The van der Waals surface area contributed by atoms with E-state index in [1.165, 1.54) is 4.90 Å². The molecule has 0 atom stereocenters. The van der Waals surface area contributed by atoms with Gasteiger partial charge in [0.05, 0.1) is 11.8 Å². The molecule has 15 heavy (non-hydrogen) atoms. The van der Waals surface area contributed by atoms with E-state index in [4.69, 9.17) is 10.5 Å². The normalized spacial score (nSPS) is 11.1. The van der Waals surface area contributed by atoms with E-state index in [9.17, 15) is 0 Å². The van der Waals surface area contributed by atoms with Crippen LogP contribution in [0.4, 0.5) is 5.69 Å². The van der Waals surface area contributed by atoms with Crippen molar-refractivity contribution in [3.63, 3.8) is 0 Å². The lowest BCUT2D eigenvalue weighted by molar-refractivity contribution is 0.243. The summed E-state index contributed by atoms with van der Waals surface area (Å²) in [7, 11) is 0. The van der Waals surface area contributed by atoms with Gasteiger partial charge in [-0.1, -0.05) is 13.8 Å². The average molecular weight is 225 g/mol. The molecule has 0 amide bonds. The summed E-state index contributed by atoms with van der Waals surface area (Å²) >= 11 is 1.81. The van der Waals surface area contributed by atoms with Crippen molar-refractivity contribution in [2.75, 3.05) is 5.73 Å². The van der Waals surface area contributed by atoms with E-state index in [1.54, 1.807) is 0 Å². The standard InChI is InChI=1S/C12H19NOS/c1-8(2)14-12-7-10(15-9(3)4)5-6-11(12)13/h5-9H,13H2,1-4H3. The lowest BCUT2D eigenvalue weighted by Gasteiger charge is -2.13. The summed E-state index contributed by atoms with van der Waals surface area (Å²) in [6, 6.07) is 5.95. The molecule has 0 aliphatic rings. The first-order valence-corrected chi connectivity index (χ1v) is 6.10. The molecule has 0 heterocycles. The lowest BCUT2D eigenvalue weighted by Crippen LogP contribution is -2.07. The Labute approximate surface area is 96.2 Å². The van der Waals surface area contributed by atoms with E-state index >= 15 is 0 Å². The highest BCUT2D eigenvalue weighted by molar-refractivity contribution is 7.99. The largest absolute Gasteiger partial charge is 0.489 e. The third-order valence-electron chi connectivity index (χ3n) is 1.72. The molecule has 0 fully saturated rings. The molecule has 0 bridgehead atoms. The Morgan fingerprint density at radius 2 is 1.87 bits per heavy atom. The Balaban J connectivity index is 2.85. The first-order valence-electron chi connectivity index (χ1n) is 5.22. The van der Waals surface area contributed by atoms with Gasteiger partial charge in [0.2, 0.25) is 0 Å². The summed E-state index contributed by atoms with van der Waals surface area (Å²) in [5, 5.41) is 0.570. The van der Waals surface area contributed by atoms with Crippen LogP contribution >= 0.6 is 11.8 Å². The summed E-state index contributed by atoms with van der Waals surface area (Å²) in [6.07, 6.45) is 0.159. The van der Waals surface area contributed by atoms with Crippen molar-refractivity contribution in [1.29, 1.82) is 0 Å². The maximum Gasteiger partial charge on any atom is 0.143 e. The summed E-state index contributed by atoms with van der Waals surface area (Å²) in [6.45, 7) is 8.34. The molecule has 0 spiro atoms. The number of anilines is 1. The second-order valence-electron chi connectivity index (χ2n) is 4.03. The predicted molar refractivity (Wildman–Crippen MR) is 67.6 cm³/mol. The van der Waals surface area contributed by atoms with Crippen LogP contribution in [0.5, 0.6) is 5.75 Å². The van der Waals surface area contributed by atoms with Crippen LogP contribution in [0.3, 0.4) is 0 Å². The van der Waals surface area contributed by atoms with E-state index in [0.29, 0.717) is 10.9 Å². The Hall–Kier alpha value is -0.830. The van der Waals surface area contributed by atoms with E-state index < -0.39 is 0 Å². The SMILES string of the molecule is CC(C)Oc1cc(SC(C)C)ccc1N. The number of benzene rings is 1. The Morgan fingerprint density at radius 3 is 2.40 bits per heavy atom. The number of thioether (sulfide) groups is 1. The molecule has 84 valence electrons. The molecular formula is C12H19NOS. The molecule has 2 N–H and O–H groups in total. The number of hydrogen-bond acceptors (Lipinski definition) is 3. The van der Waals surface area contributed by atoms with Crippen molar-refractivity contribution in [3.8, 4) is 5.75 Å². The molecule has 1 rings (SSSR count). The fraction of sp³-hybridized carbons (Fsp3) is 0.500. The lowest BCUT2D eigenvalue weighted by atomic mass is 10.3. The minimum Gasteiger partial charge on any atom is -0.489 e. The predicted octanol–water partition coefficient (Wildman–Crippen LogP) is 3.56. The maximum atomic E-state index is 5.83. The first kappa shape index (κ1) is 12.2. The number of hydrogen-bond donors (Lipinski definition) is 1. The minimum absolute atomic E-state index is 0.159. The van der Waals surface area contributed by atoms with Crippen molar-refractivity contribution in [2.45, 2.75) is 43.9 Å². The Bertz CT molecular complexity index is 323. The van der Waals surface area contributed by atoms with Crippen LogP contribution in [0.2, 0.25) is 0 Å². The van der Waals surface area contributed by atoms with Crippen LogP contribution in [0.25, 0.3) is 0 Å². The van der Waals surface area contributed by atoms with Crippen molar-refractivity contribution in [2.24, 2.45) is 0 Å². The smallest absolute Gasteiger partial charge is 0.143 e. The summed E-state index contributed by atoms with van der Waals surface area (Å²) in [5.74, 6) is 0.788. The van der Waals surface area contributed by atoms with Gasteiger partial charge in [-0.05, 0) is 32.0 Å². The van der Waals surface area contributed by atoms with Gasteiger partial charge in [0.1, 0.15) is 5.75 Å². The zero-order valence-electron chi connectivity index (χ0n) is 9.78. The molecule has 1 aromatic carbocycles. The quantitative estimate of drug-likeness (QED) is 0.628. The maximum absolute atomic E-state index is 5.83. The summed E-state index contributed by atoms with van der Waals surface area (Å²) in [4.78, 5) is 1.20. The minimum atomic E-state index is 0.159. The first-order chi connectivity index (χ1) is 6.99. The van der Waals surface area contributed by atoms with Crippen molar-refractivity contribution < 1.29 is 4.74 Å². The van der Waals surface area contributed by atoms with Crippen LogP contribution in [0.15, 0.2) is 23.1 Å². The molecular weight excluding hydrogens is 206 g/mol. The van der Waals surface area contributed by atoms with Gasteiger partial charge < -0.3 is 10.5 Å². The fourth-order valence-corrected chi connectivity index (χ4v) is 2.08. The zero-order valence-corrected chi connectivity index (χ0v) is 10.6. The zero-order chi connectivity index (χ0) is 11.4. The van der Waals surface area contributed by atoms with Gasteiger partial charge in [-0.15, -0.1) is 11.8 Å². The summed E-state index contributed by atoms with van der Waals surface area (Å²) in [5.41, 5.74) is 6.54. The third kappa shape index (κ3) is 4.04. The van der Waals surface area contributed by atoms with Gasteiger partial charge in [-0.2, -0.15) is 0 Å². The van der Waals surface area contributed by atoms with Crippen LogP contribution in [-0.4, -0.2) is 11.4 Å². The van der Waals surface area contributed by atoms with Crippen LogP contribution in [-0.2, 0) is 0 Å². The molecule has 1 aromatic rings.